The maximum Gasteiger partial charge on any atom is 0.250 e. The minimum Gasteiger partial charge on any atom is -0.455 e. The van der Waals surface area contributed by atoms with Crippen LogP contribution in [0.15, 0.2) is 80.7 Å². The van der Waals surface area contributed by atoms with Gasteiger partial charge in [0.2, 0.25) is 17.8 Å². The number of piperidine rings is 1. The number of hydrazone groups is 1. The Balaban J connectivity index is 1.34. The third-order valence-corrected chi connectivity index (χ3v) is 5.88. The van der Waals surface area contributed by atoms with Gasteiger partial charge in [0.25, 0.3) is 0 Å². The monoisotopic (exact) mass is 517 g/mol. The van der Waals surface area contributed by atoms with Gasteiger partial charge < -0.3 is 14.6 Å². The van der Waals surface area contributed by atoms with Crippen molar-refractivity contribution in [2.45, 2.75) is 19.3 Å². The molecule has 3 heterocycles. The van der Waals surface area contributed by atoms with Crippen LogP contribution in [0.25, 0.3) is 11.3 Å². The SMILES string of the molecule is Brc1cccc(-c2ccc(C=NNc3nc(Nc4ccccc4)nc(N4CCCCC4)n3)o2)c1. The van der Waals surface area contributed by atoms with E-state index in [0.29, 0.717) is 23.6 Å². The van der Waals surface area contributed by atoms with Crippen LogP contribution in [-0.2, 0) is 0 Å². The molecule has 0 bridgehead atoms. The summed E-state index contributed by atoms with van der Waals surface area (Å²) < 4.78 is 6.90. The lowest BCUT2D eigenvalue weighted by Gasteiger charge is -2.26. The molecule has 5 rings (SSSR count). The van der Waals surface area contributed by atoms with Gasteiger partial charge in [0.05, 0.1) is 6.21 Å². The van der Waals surface area contributed by atoms with Gasteiger partial charge >= 0.3 is 0 Å². The minimum absolute atomic E-state index is 0.365. The van der Waals surface area contributed by atoms with Crippen LogP contribution in [-0.4, -0.2) is 34.3 Å². The third-order valence-electron chi connectivity index (χ3n) is 5.38. The van der Waals surface area contributed by atoms with Gasteiger partial charge in [-0.3, -0.25) is 0 Å². The molecule has 2 aromatic heterocycles. The van der Waals surface area contributed by atoms with Crippen LogP contribution in [0.2, 0.25) is 0 Å². The van der Waals surface area contributed by atoms with Gasteiger partial charge in [-0.15, -0.1) is 0 Å². The molecule has 172 valence electrons. The lowest BCUT2D eigenvalue weighted by Crippen LogP contribution is -2.31. The molecule has 1 aliphatic heterocycles. The molecule has 0 saturated carbocycles. The van der Waals surface area contributed by atoms with Crippen LogP contribution in [0.3, 0.4) is 0 Å². The number of nitrogens with zero attached hydrogens (tertiary/aromatic N) is 5. The molecule has 0 spiro atoms. The van der Waals surface area contributed by atoms with Gasteiger partial charge in [0.15, 0.2) is 0 Å². The molecule has 34 heavy (non-hydrogen) atoms. The first-order chi connectivity index (χ1) is 16.7. The summed E-state index contributed by atoms with van der Waals surface area (Å²) in [6.45, 7) is 1.87. The second-order valence-corrected chi connectivity index (χ2v) is 8.82. The highest BCUT2D eigenvalue weighted by Gasteiger charge is 2.16. The number of furan rings is 1. The maximum atomic E-state index is 5.90. The molecular weight excluding hydrogens is 494 g/mol. The van der Waals surface area contributed by atoms with Gasteiger partial charge in [0, 0.05) is 28.8 Å². The lowest BCUT2D eigenvalue weighted by molar-refractivity contribution is 0.568. The number of aromatic nitrogens is 3. The van der Waals surface area contributed by atoms with Crippen LogP contribution >= 0.6 is 15.9 Å². The average Bonchev–Trinajstić information content (AvgIpc) is 3.34. The normalized spacial score (nSPS) is 13.9. The minimum atomic E-state index is 0.365. The first kappa shape index (κ1) is 22.1. The highest BCUT2D eigenvalue weighted by molar-refractivity contribution is 9.10. The number of hydrogen-bond acceptors (Lipinski definition) is 8. The van der Waals surface area contributed by atoms with Crippen molar-refractivity contribution < 1.29 is 4.42 Å². The standard InChI is InChI=1S/C25H24BrN7O/c26-19-9-7-8-18(16-19)22-13-12-21(34-22)17-27-32-24-29-23(28-20-10-3-1-4-11-20)30-25(31-24)33-14-5-2-6-15-33/h1,3-4,7-13,16-17H,2,5-6,14-15H2,(H2,28,29,30,31,32). The van der Waals surface area contributed by atoms with E-state index in [9.17, 15) is 0 Å². The Kier molecular flexibility index (Phi) is 6.81. The molecule has 4 aromatic rings. The number of rotatable bonds is 7. The van der Waals surface area contributed by atoms with Crippen molar-refractivity contribution in [3.8, 4) is 11.3 Å². The van der Waals surface area contributed by atoms with Gasteiger partial charge in [-0.25, -0.2) is 5.43 Å². The van der Waals surface area contributed by atoms with E-state index in [-0.39, 0.29) is 0 Å². The van der Waals surface area contributed by atoms with Crippen molar-refractivity contribution in [3.05, 3.63) is 77.0 Å². The Labute approximate surface area is 206 Å². The zero-order valence-electron chi connectivity index (χ0n) is 18.5. The fraction of sp³-hybridized carbons (Fsp3) is 0.200. The Morgan fingerprint density at radius 1 is 0.882 bits per heavy atom. The molecule has 1 fully saturated rings. The Morgan fingerprint density at radius 3 is 2.53 bits per heavy atom. The van der Waals surface area contributed by atoms with Crippen molar-refractivity contribution in [3.63, 3.8) is 0 Å². The predicted octanol–water partition coefficient (Wildman–Crippen LogP) is 6.07. The summed E-state index contributed by atoms with van der Waals surface area (Å²) in [5, 5.41) is 7.55. The number of anilines is 4. The van der Waals surface area contributed by atoms with Crippen LogP contribution in [0.1, 0.15) is 25.0 Å². The van der Waals surface area contributed by atoms with E-state index in [1.54, 1.807) is 6.21 Å². The van der Waals surface area contributed by atoms with Crippen molar-refractivity contribution in [2.75, 3.05) is 28.7 Å². The Morgan fingerprint density at radius 2 is 1.71 bits per heavy atom. The predicted molar refractivity (Wildman–Crippen MR) is 139 cm³/mol. The molecule has 2 N–H and O–H groups in total. The fourth-order valence-electron chi connectivity index (χ4n) is 3.73. The fourth-order valence-corrected chi connectivity index (χ4v) is 4.13. The largest absolute Gasteiger partial charge is 0.455 e. The smallest absolute Gasteiger partial charge is 0.250 e. The molecule has 0 radical (unpaired) electrons. The van der Waals surface area contributed by atoms with Gasteiger partial charge in [0.1, 0.15) is 11.5 Å². The number of hydrogen-bond donors (Lipinski definition) is 2. The summed E-state index contributed by atoms with van der Waals surface area (Å²) in [7, 11) is 0. The second-order valence-electron chi connectivity index (χ2n) is 7.90. The summed E-state index contributed by atoms with van der Waals surface area (Å²) in [6.07, 6.45) is 5.10. The zero-order chi connectivity index (χ0) is 23.2. The summed E-state index contributed by atoms with van der Waals surface area (Å²) in [6, 6.07) is 21.6. The van der Waals surface area contributed by atoms with Crippen LogP contribution in [0.4, 0.5) is 23.5 Å². The average molecular weight is 518 g/mol. The first-order valence-electron chi connectivity index (χ1n) is 11.2. The van der Waals surface area contributed by atoms with Crippen LogP contribution in [0, 0.1) is 0 Å². The van der Waals surface area contributed by atoms with Crippen molar-refractivity contribution in [1.82, 2.24) is 15.0 Å². The second kappa shape index (κ2) is 10.5. The number of nitrogens with one attached hydrogen (secondary N) is 2. The number of para-hydroxylation sites is 1. The number of halogens is 1. The van der Waals surface area contributed by atoms with Crippen LogP contribution < -0.4 is 15.6 Å². The van der Waals surface area contributed by atoms with Crippen molar-refractivity contribution >= 4 is 45.7 Å². The molecule has 0 aliphatic carbocycles. The Hall–Kier alpha value is -3.72. The van der Waals surface area contributed by atoms with E-state index in [2.05, 4.69) is 51.6 Å². The topological polar surface area (TPSA) is 91.5 Å². The summed E-state index contributed by atoms with van der Waals surface area (Å²) in [5.41, 5.74) is 4.82. The molecular formula is C25H24BrN7O. The van der Waals surface area contributed by atoms with E-state index in [1.165, 1.54) is 6.42 Å². The molecule has 2 aromatic carbocycles. The van der Waals surface area contributed by atoms with E-state index in [1.807, 2.05) is 66.7 Å². The van der Waals surface area contributed by atoms with E-state index in [4.69, 9.17) is 4.42 Å². The highest BCUT2D eigenvalue weighted by Crippen LogP contribution is 2.25. The molecule has 8 nitrogen and oxygen atoms in total. The summed E-state index contributed by atoms with van der Waals surface area (Å²) >= 11 is 3.49. The summed E-state index contributed by atoms with van der Waals surface area (Å²) in [5.74, 6) is 2.86. The van der Waals surface area contributed by atoms with E-state index >= 15 is 0 Å². The molecule has 9 heteroatoms. The Bertz CT molecular complexity index is 1270. The van der Waals surface area contributed by atoms with E-state index < -0.39 is 0 Å². The molecule has 0 unspecified atom stereocenters. The number of benzene rings is 2. The van der Waals surface area contributed by atoms with Gasteiger partial charge in [-0.1, -0.05) is 46.3 Å². The molecule has 0 amide bonds. The third kappa shape index (κ3) is 5.60. The zero-order valence-corrected chi connectivity index (χ0v) is 20.1. The van der Waals surface area contributed by atoms with Crippen molar-refractivity contribution in [1.29, 1.82) is 0 Å². The molecule has 1 aliphatic rings. The van der Waals surface area contributed by atoms with Crippen molar-refractivity contribution in [2.24, 2.45) is 5.10 Å². The highest BCUT2D eigenvalue weighted by atomic mass is 79.9. The first-order valence-corrected chi connectivity index (χ1v) is 12.0. The maximum absolute atomic E-state index is 5.90. The van der Waals surface area contributed by atoms with Gasteiger partial charge in [-0.2, -0.15) is 20.1 Å². The molecule has 1 saturated heterocycles. The molecule has 0 atom stereocenters. The summed E-state index contributed by atoms with van der Waals surface area (Å²) in [4.78, 5) is 15.9. The lowest BCUT2D eigenvalue weighted by atomic mass is 10.1. The van der Waals surface area contributed by atoms with E-state index in [0.717, 1.165) is 47.4 Å². The van der Waals surface area contributed by atoms with Crippen LogP contribution in [0.5, 0.6) is 0 Å². The van der Waals surface area contributed by atoms with Gasteiger partial charge in [-0.05, 0) is 55.7 Å². The quantitative estimate of drug-likeness (QED) is 0.227.